The number of hydrogen-bond acceptors (Lipinski definition) is 3. The first kappa shape index (κ1) is 18.0. The van der Waals surface area contributed by atoms with Gasteiger partial charge in [0.15, 0.2) is 0 Å². The zero-order valence-corrected chi connectivity index (χ0v) is 15.3. The minimum atomic E-state index is -4.40. The fraction of sp³-hybridized carbons (Fsp3) is 0.400. The molecule has 3 aromatic rings. The number of rotatable bonds is 3. The zero-order valence-electron chi connectivity index (χ0n) is 15.3. The maximum absolute atomic E-state index is 12.7. The Kier molecular flexibility index (Phi) is 4.42. The summed E-state index contributed by atoms with van der Waals surface area (Å²) in [4.78, 5) is 10.3. The molecule has 1 aliphatic heterocycles. The molecule has 0 amide bonds. The molecule has 0 aliphatic carbocycles. The van der Waals surface area contributed by atoms with E-state index in [1.54, 1.807) is 0 Å². The van der Waals surface area contributed by atoms with Gasteiger partial charge >= 0.3 is 6.18 Å². The van der Waals surface area contributed by atoms with E-state index in [4.69, 9.17) is 0 Å². The molecule has 0 aromatic carbocycles. The van der Waals surface area contributed by atoms with Gasteiger partial charge in [-0.25, -0.2) is 0 Å². The highest BCUT2D eigenvalue weighted by Gasteiger charge is 2.32. The van der Waals surface area contributed by atoms with Gasteiger partial charge in [-0.2, -0.15) is 13.2 Å². The van der Waals surface area contributed by atoms with Crippen LogP contribution in [0, 0.1) is 6.92 Å². The van der Waals surface area contributed by atoms with Crippen molar-refractivity contribution >= 4 is 10.9 Å². The average Bonchev–Trinajstić information content (AvgIpc) is 2.92. The predicted molar refractivity (Wildman–Crippen MR) is 97.5 cm³/mol. The van der Waals surface area contributed by atoms with Crippen LogP contribution in [-0.4, -0.2) is 33.0 Å². The number of nitrogens with zero attached hydrogens (tertiary/aromatic N) is 4. The molecule has 0 saturated heterocycles. The number of alkyl halides is 3. The third-order valence-corrected chi connectivity index (χ3v) is 5.21. The summed E-state index contributed by atoms with van der Waals surface area (Å²) in [5.74, 6) is 0. The minimum absolute atomic E-state index is 0.630. The van der Waals surface area contributed by atoms with Gasteiger partial charge in [-0.1, -0.05) is 6.07 Å². The second-order valence-electron chi connectivity index (χ2n) is 7.21. The highest BCUT2D eigenvalue weighted by molar-refractivity contribution is 5.85. The molecule has 7 heteroatoms. The predicted octanol–water partition coefficient (Wildman–Crippen LogP) is 3.99. The molecular weight excluding hydrogens is 353 g/mol. The van der Waals surface area contributed by atoms with E-state index in [0.29, 0.717) is 13.0 Å². The van der Waals surface area contributed by atoms with Crippen molar-refractivity contribution in [2.45, 2.75) is 39.0 Å². The molecule has 0 spiro atoms. The van der Waals surface area contributed by atoms with Crippen LogP contribution in [0.3, 0.4) is 0 Å². The maximum Gasteiger partial charge on any atom is 0.433 e. The van der Waals surface area contributed by atoms with Crippen LogP contribution in [0.15, 0.2) is 30.6 Å². The number of fused-ring (bicyclic) bond motifs is 3. The average molecular weight is 374 g/mol. The topological polar surface area (TPSA) is 34.0 Å². The molecule has 27 heavy (non-hydrogen) atoms. The number of likely N-dealkylation sites (N-methyl/N-ethyl adjacent to an activating group) is 1. The van der Waals surface area contributed by atoms with Crippen molar-refractivity contribution in [3.05, 3.63) is 58.8 Å². The highest BCUT2D eigenvalue weighted by Crippen LogP contribution is 2.31. The Balaban J connectivity index is 1.64. The molecule has 4 heterocycles. The second kappa shape index (κ2) is 6.64. The summed E-state index contributed by atoms with van der Waals surface area (Å²) in [7, 11) is 2.12. The molecule has 0 saturated carbocycles. The van der Waals surface area contributed by atoms with Crippen LogP contribution in [0.5, 0.6) is 0 Å². The fourth-order valence-electron chi connectivity index (χ4n) is 3.82. The van der Waals surface area contributed by atoms with E-state index in [-0.39, 0.29) is 0 Å². The van der Waals surface area contributed by atoms with Gasteiger partial charge in [0.05, 0.1) is 11.7 Å². The number of halogens is 3. The van der Waals surface area contributed by atoms with Crippen molar-refractivity contribution in [1.82, 2.24) is 19.4 Å². The fourth-order valence-corrected chi connectivity index (χ4v) is 3.82. The molecule has 0 unspecified atom stereocenters. The van der Waals surface area contributed by atoms with Crippen molar-refractivity contribution < 1.29 is 13.2 Å². The molecule has 0 radical (unpaired) electrons. The summed E-state index contributed by atoms with van der Waals surface area (Å²) in [6, 6.07) is 4.70. The number of hydrogen-bond donors (Lipinski definition) is 0. The monoisotopic (exact) mass is 374 g/mol. The molecule has 3 aromatic heterocycles. The Morgan fingerprint density at radius 1 is 1.15 bits per heavy atom. The van der Waals surface area contributed by atoms with Gasteiger partial charge in [-0.15, -0.1) is 0 Å². The maximum atomic E-state index is 12.7. The van der Waals surface area contributed by atoms with Crippen LogP contribution >= 0.6 is 0 Å². The summed E-state index contributed by atoms with van der Waals surface area (Å²) in [6.45, 7) is 4.60. The molecule has 142 valence electrons. The summed E-state index contributed by atoms with van der Waals surface area (Å²) in [5.41, 5.74) is 4.69. The first-order valence-corrected chi connectivity index (χ1v) is 9.00. The molecule has 0 N–H and O–H groups in total. The quantitative estimate of drug-likeness (QED) is 0.695. The van der Waals surface area contributed by atoms with Crippen molar-refractivity contribution in [1.29, 1.82) is 0 Å². The lowest BCUT2D eigenvalue weighted by Gasteiger charge is -2.24. The van der Waals surface area contributed by atoms with Crippen LogP contribution in [0.2, 0.25) is 0 Å². The first-order chi connectivity index (χ1) is 12.8. The molecule has 1 aliphatic rings. The van der Waals surface area contributed by atoms with Gasteiger partial charge in [0, 0.05) is 49.0 Å². The van der Waals surface area contributed by atoms with Crippen LogP contribution in [-0.2, 0) is 32.1 Å². The van der Waals surface area contributed by atoms with Crippen molar-refractivity contribution in [3.63, 3.8) is 0 Å². The Hall–Kier alpha value is -2.41. The molecule has 0 fully saturated rings. The Morgan fingerprint density at radius 3 is 2.67 bits per heavy atom. The first-order valence-electron chi connectivity index (χ1n) is 9.00. The van der Waals surface area contributed by atoms with E-state index in [9.17, 15) is 13.2 Å². The SMILES string of the molecule is Cc1cc2c3c(n(CCc4ccc(C(F)(F)F)nc4)c2cn1)CCN(C)C3. The number of aryl methyl sites for hydroxylation is 3. The standard InChI is InChI=1S/C20H21F3N4/c1-13-9-15-16-12-26(2)7-6-17(16)27(18(15)11-24-13)8-5-14-3-4-19(25-10-14)20(21,22)23/h3-4,9-11H,5-8,12H2,1-2H3. The second-order valence-corrected chi connectivity index (χ2v) is 7.21. The smallest absolute Gasteiger partial charge is 0.343 e. The van der Waals surface area contributed by atoms with Gasteiger partial charge < -0.3 is 9.47 Å². The zero-order chi connectivity index (χ0) is 19.2. The molecule has 4 rings (SSSR count). The van der Waals surface area contributed by atoms with Gasteiger partial charge in [0.2, 0.25) is 0 Å². The van der Waals surface area contributed by atoms with Gasteiger partial charge in [-0.3, -0.25) is 9.97 Å². The van der Waals surface area contributed by atoms with Gasteiger partial charge in [0.1, 0.15) is 5.69 Å². The third-order valence-electron chi connectivity index (χ3n) is 5.21. The van der Waals surface area contributed by atoms with E-state index in [1.807, 2.05) is 13.1 Å². The van der Waals surface area contributed by atoms with Crippen molar-refractivity contribution in [2.75, 3.05) is 13.6 Å². The van der Waals surface area contributed by atoms with E-state index in [2.05, 4.69) is 32.5 Å². The van der Waals surface area contributed by atoms with Crippen LogP contribution in [0.25, 0.3) is 10.9 Å². The normalized spacial score (nSPS) is 15.3. The van der Waals surface area contributed by atoms with Crippen LogP contribution < -0.4 is 0 Å². The lowest BCUT2D eigenvalue weighted by molar-refractivity contribution is -0.141. The van der Waals surface area contributed by atoms with Crippen LogP contribution in [0.1, 0.15) is 28.2 Å². The van der Waals surface area contributed by atoms with E-state index in [0.717, 1.165) is 42.4 Å². The van der Waals surface area contributed by atoms with Gasteiger partial charge in [0.25, 0.3) is 0 Å². The molecule has 0 atom stereocenters. The van der Waals surface area contributed by atoms with Crippen molar-refractivity contribution in [3.8, 4) is 0 Å². The van der Waals surface area contributed by atoms with Gasteiger partial charge in [-0.05, 0) is 43.7 Å². The molecule has 4 nitrogen and oxygen atoms in total. The van der Waals surface area contributed by atoms with Crippen LogP contribution in [0.4, 0.5) is 13.2 Å². The third kappa shape index (κ3) is 3.43. The number of aromatic nitrogens is 3. The molecule has 0 bridgehead atoms. The highest BCUT2D eigenvalue weighted by atomic mass is 19.4. The lowest BCUT2D eigenvalue weighted by Crippen LogP contribution is -2.27. The Labute approximate surface area is 155 Å². The Bertz CT molecular complexity index is 974. The Morgan fingerprint density at radius 2 is 1.96 bits per heavy atom. The molecular formula is C20H21F3N4. The van der Waals surface area contributed by atoms with E-state index in [1.165, 1.54) is 28.9 Å². The summed E-state index contributed by atoms with van der Waals surface area (Å²) in [6.07, 6.45) is 0.435. The van der Waals surface area contributed by atoms with E-state index >= 15 is 0 Å². The van der Waals surface area contributed by atoms with E-state index < -0.39 is 11.9 Å². The largest absolute Gasteiger partial charge is 0.433 e. The van der Waals surface area contributed by atoms with Crippen molar-refractivity contribution in [2.24, 2.45) is 0 Å². The summed E-state index contributed by atoms with van der Waals surface area (Å²) in [5, 5.41) is 1.23. The lowest BCUT2D eigenvalue weighted by atomic mass is 10.1. The summed E-state index contributed by atoms with van der Waals surface area (Å²) < 4.78 is 40.3. The summed E-state index contributed by atoms with van der Waals surface area (Å²) >= 11 is 0. The minimum Gasteiger partial charge on any atom is -0.343 e. The number of pyridine rings is 2.